The third kappa shape index (κ3) is 3.57. The van der Waals surface area contributed by atoms with Crippen molar-refractivity contribution in [3.63, 3.8) is 0 Å². The number of fused-ring (bicyclic) bond motifs is 1. The minimum absolute atomic E-state index is 0.187. The van der Waals surface area contributed by atoms with Gasteiger partial charge in [0.05, 0.1) is 5.69 Å². The summed E-state index contributed by atoms with van der Waals surface area (Å²) in [6.07, 6.45) is 1.78. The number of hydrogen-bond donors (Lipinski definition) is 0. The summed E-state index contributed by atoms with van der Waals surface area (Å²) < 4.78 is 12.8. The monoisotopic (exact) mass is 362 g/mol. The summed E-state index contributed by atoms with van der Waals surface area (Å²) in [6, 6.07) is 16.7. The van der Waals surface area contributed by atoms with E-state index in [0.717, 1.165) is 29.5 Å². The Kier molecular flexibility index (Phi) is 4.65. The Bertz CT molecular complexity index is 1120. The lowest BCUT2D eigenvalue weighted by atomic mass is 10.1. The Balaban J connectivity index is 1.59. The molecule has 0 aliphatic heterocycles. The highest BCUT2D eigenvalue weighted by atomic mass is 16.5. The molecule has 0 spiro atoms. The van der Waals surface area contributed by atoms with Gasteiger partial charge >= 0.3 is 5.63 Å². The molecule has 0 N–H and O–H groups in total. The molecule has 0 saturated carbocycles. The molecule has 0 aliphatic carbocycles. The second kappa shape index (κ2) is 7.41. The lowest BCUT2D eigenvalue weighted by Gasteiger charge is -2.09. The zero-order valence-electron chi connectivity index (χ0n) is 14.8. The molecule has 7 nitrogen and oxygen atoms in total. The molecular formula is C20H18N4O3. The van der Waals surface area contributed by atoms with Gasteiger partial charge in [-0.05, 0) is 46.7 Å². The van der Waals surface area contributed by atoms with Gasteiger partial charge in [0.15, 0.2) is 5.82 Å². The van der Waals surface area contributed by atoms with Crippen molar-refractivity contribution < 1.29 is 9.15 Å². The van der Waals surface area contributed by atoms with E-state index in [1.807, 2.05) is 42.5 Å². The molecule has 0 amide bonds. The van der Waals surface area contributed by atoms with Crippen LogP contribution in [0.4, 0.5) is 0 Å². The van der Waals surface area contributed by atoms with Gasteiger partial charge in [-0.2, -0.15) is 4.68 Å². The van der Waals surface area contributed by atoms with Crippen LogP contribution >= 0.6 is 0 Å². The van der Waals surface area contributed by atoms with E-state index in [9.17, 15) is 4.79 Å². The molecular weight excluding hydrogens is 344 g/mol. The molecule has 2 aromatic carbocycles. The summed E-state index contributed by atoms with van der Waals surface area (Å²) in [5, 5.41) is 12.7. The second-order valence-electron chi connectivity index (χ2n) is 6.13. The number of benzene rings is 2. The topological polar surface area (TPSA) is 83.0 Å². The van der Waals surface area contributed by atoms with Crippen molar-refractivity contribution in [1.82, 2.24) is 20.2 Å². The molecule has 0 unspecified atom stereocenters. The van der Waals surface area contributed by atoms with Crippen LogP contribution in [0.1, 0.15) is 24.7 Å². The van der Waals surface area contributed by atoms with E-state index in [1.165, 1.54) is 0 Å². The van der Waals surface area contributed by atoms with Gasteiger partial charge in [0, 0.05) is 17.5 Å². The SMILES string of the molecule is CCCc1cc(=O)oc2cc(OCc3nnnn3-c3ccccc3)ccc12. The van der Waals surface area contributed by atoms with E-state index in [1.54, 1.807) is 16.8 Å². The summed E-state index contributed by atoms with van der Waals surface area (Å²) in [7, 11) is 0. The van der Waals surface area contributed by atoms with E-state index in [4.69, 9.17) is 9.15 Å². The molecule has 136 valence electrons. The summed E-state index contributed by atoms with van der Waals surface area (Å²) >= 11 is 0. The van der Waals surface area contributed by atoms with Crippen molar-refractivity contribution in [2.45, 2.75) is 26.4 Å². The molecule has 0 fully saturated rings. The van der Waals surface area contributed by atoms with Crippen molar-refractivity contribution in [3.05, 3.63) is 76.4 Å². The van der Waals surface area contributed by atoms with Gasteiger partial charge in [-0.25, -0.2) is 4.79 Å². The second-order valence-corrected chi connectivity index (χ2v) is 6.13. The van der Waals surface area contributed by atoms with Gasteiger partial charge < -0.3 is 9.15 Å². The van der Waals surface area contributed by atoms with E-state index in [2.05, 4.69) is 22.4 Å². The fourth-order valence-corrected chi connectivity index (χ4v) is 2.99. The first-order valence-electron chi connectivity index (χ1n) is 8.77. The zero-order chi connectivity index (χ0) is 18.6. The smallest absolute Gasteiger partial charge is 0.336 e. The van der Waals surface area contributed by atoms with Crippen LogP contribution in [0.15, 0.2) is 63.8 Å². The van der Waals surface area contributed by atoms with E-state index < -0.39 is 0 Å². The van der Waals surface area contributed by atoms with Crippen molar-refractivity contribution in [2.75, 3.05) is 0 Å². The van der Waals surface area contributed by atoms with Crippen molar-refractivity contribution in [1.29, 1.82) is 0 Å². The molecule has 7 heteroatoms. The van der Waals surface area contributed by atoms with Crippen LogP contribution in [0.2, 0.25) is 0 Å². The van der Waals surface area contributed by atoms with Crippen LogP contribution in [0.25, 0.3) is 16.7 Å². The number of hydrogen-bond acceptors (Lipinski definition) is 6. The maximum atomic E-state index is 11.8. The number of ether oxygens (including phenoxy) is 1. The zero-order valence-corrected chi connectivity index (χ0v) is 14.8. The summed E-state index contributed by atoms with van der Waals surface area (Å²) in [4.78, 5) is 11.8. The number of nitrogens with zero attached hydrogens (tertiary/aromatic N) is 4. The molecule has 0 radical (unpaired) electrons. The number of rotatable bonds is 6. The summed E-state index contributed by atoms with van der Waals surface area (Å²) in [5.41, 5.74) is 2.01. The lowest BCUT2D eigenvalue weighted by molar-refractivity contribution is 0.292. The maximum Gasteiger partial charge on any atom is 0.336 e. The number of para-hydroxylation sites is 1. The van der Waals surface area contributed by atoms with E-state index >= 15 is 0 Å². The summed E-state index contributed by atoms with van der Waals surface area (Å²) in [6.45, 7) is 2.27. The van der Waals surface area contributed by atoms with Crippen molar-refractivity contribution >= 4 is 11.0 Å². The number of aryl methyl sites for hydroxylation is 1. The normalized spacial score (nSPS) is 11.0. The van der Waals surface area contributed by atoms with E-state index in [-0.39, 0.29) is 12.2 Å². The highest BCUT2D eigenvalue weighted by Gasteiger charge is 2.10. The first-order valence-corrected chi connectivity index (χ1v) is 8.77. The molecule has 27 heavy (non-hydrogen) atoms. The molecule has 0 atom stereocenters. The highest BCUT2D eigenvalue weighted by Crippen LogP contribution is 2.24. The van der Waals surface area contributed by atoms with Crippen LogP contribution in [-0.4, -0.2) is 20.2 Å². The number of aromatic nitrogens is 4. The first kappa shape index (κ1) is 17.0. The Hall–Kier alpha value is -3.48. The van der Waals surface area contributed by atoms with Crippen LogP contribution in [0.5, 0.6) is 5.75 Å². The molecule has 4 aromatic rings. The first-order chi connectivity index (χ1) is 13.2. The van der Waals surface area contributed by atoms with Gasteiger partial charge in [-0.1, -0.05) is 31.5 Å². The molecule has 0 bridgehead atoms. The predicted octanol–water partition coefficient (Wildman–Crippen LogP) is 3.30. The Morgan fingerprint density at radius 1 is 1.11 bits per heavy atom. The fourth-order valence-electron chi connectivity index (χ4n) is 2.99. The molecule has 2 aromatic heterocycles. The van der Waals surface area contributed by atoms with Gasteiger partial charge in [-0.3, -0.25) is 0 Å². The number of tetrazole rings is 1. The van der Waals surface area contributed by atoms with Crippen LogP contribution in [0.3, 0.4) is 0 Å². The van der Waals surface area contributed by atoms with Crippen molar-refractivity contribution in [3.8, 4) is 11.4 Å². The Morgan fingerprint density at radius 2 is 1.96 bits per heavy atom. The molecule has 0 saturated heterocycles. The Morgan fingerprint density at radius 3 is 2.78 bits per heavy atom. The van der Waals surface area contributed by atoms with Gasteiger partial charge in [0.25, 0.3) is 0 Å². The Labute approximate surface area is 155 Å². The molecule has 4 rings (SSSR count). The lowest BCUT2D eigenvalue weighted by Crippen LogP contribution is -2.07. The van der Waals surface area contributed by atoms with Crippen LogP contribution in [-0.2, 0) is 13.0 Å². The minimum atomic E-state index is -0.351. The third-order valence-electron chi connectivity index (χ3n) is 4.22. The van der Waals surface area contributed by atoms with Gasteiger partial charge in [-0.15, -0.1) is 5.10 Å². The van der Waals surface area contributed by atoms with Gasteiger partial charge in [0.1, 0.15) is 17.9 Å². The minimum Gasteiger partial charge on any atom is -0.485 e. The molecule has 0 aliphatic rings. The third-order valence-corrected chi connectivity index (χ3v) is 4.22. The van der Waals surface area contributed by atoms with Crippen molar-refractivity contribution in [2.24, 2.45) is 0 Å². The van der Waals surface area contributed by atoms with E-state index in [0.29, 0.717) is 17.2 Å². The highest BCUT2D eigenvalue weighted by molar-refractivity contribution is 5.81. The largest absolute Gasteiger partial charge is 0.485 e. The van der Waals surface area contributed by atoms with Crippen LogP contribution < -0.4 is 10.4 Å². The standard InChI is InChI=1S/C20H18N4O3/c1-2-6-14-11-20(25)27-18-12-16(9-10-17(14)18)26-13-19-21-22-23-24(19)15-7-4-3-5-8-15/h3-5,7-12H,2,6,13H2,1H3. The van der Waals surface area contributed by atoms with Crippen LogP contribution in [0, 0.1) is 0 Å². The quantitative estimate of drug-likeness (QED) is 0.490. The molecule has 2 heterocycles. The average Bonchev–Trinajstić information content (AvgIpc) is 3.15. The average molecular weight is 362 g/mol. The maximum absolute atomic E-state index is 11.8. The fraction of sp³-hybridized carbons (Fsp3) is 0.200. The predicted molar refractivity (Wildman–Crippen MR) is 100.0 cm³/mol. The summed E-state index contributed by atoms with van der Waals surface area (Å²) in [5.74, 6) is 1.16. The van der Waals surface area contributed by atoms with Gasteiger partial charge in [0.2, 0.25) is 0 Å².